The maximum atomic E-state index is 12.2. The van der Waals surface area contributed by atoms with Crippen molar-refractivity contribution in [2.45, 2.75) is 11.8 Å². The molecule has 1 rings (SSSR count). The van der Waals surface area contributed by atoms with Crippen molar-refractivity contribution in [3.05, 3.63) is 29.8 Å². The molecule has 0 aliphatic carbocycles. The lowest BCUT2D eigenvalue weighted by atomic mass is 10.1. The summed E-state index contributed by atoms with van der Waals surface area (Å²) in [5.74, 6) is 0. The lowest BCUT2D eigenvalue weighted by Gasteiger charge is -2.25. The van der Waals surface area contributed by atoms with Crippen LogP contribution < -0.4 is 5.73 Å². The highest BCUT2D eigenvalue weighted by atomic mass is 31.2. The molecule has 0 aliphatic heterocycles. The van der Waals surface area contributed by atoms with Crippen LogP contribution in [0.25, 0.3) is 0 Å². The van der Waals surface area contributed by atoms with Gasteiger partial charge in [-0.3, -0.25) is 9.13 Å². The molecule has 1 unspecified atom stereocenters. The first kappa shape index (κ1) is 16.4. The summed E-state index contributed by atoms with van der Waals surface area (Å²) in [7, 11) is -6.35. The van der Waals surface area contributed by atoms with Crippen LogP contribution in [0.3, 0.4) is 0 Å². The van der Waals surface area contributed by atoms with E-state index in [0.29, 0.717) is 11.3 Å². The fraction of sp³-hybridized carbons (Fsp3) is 0.400. The number of anilines is 1. The second-order valence-electron chi connectivity index (χ2n) is 3.92. The highest BCUT2D eigenvalue weighted by Crippen LogP contribution is 2.66. The predicted octanol–water partition coefficient (Wildman–Crippen LogP) is 1.80. The van der Waals surface area contributed by atoms with Crippen molar-refractivity contribution in [2.24, 2.45) is 0 Å². The largest absolute Gasteiger partial charge is 0.399 e. The van der Waals surface area contributed by atoms with E-state index in [1.165, 1.54) is 0 Å². The topological polar surface area (TPSA) is 119 Å². The lowest BCUT2D eigenvalue weighted by molar-refractivity contribution is 0.265. The Morgan fingerprint density at radius 1 is 1.16 bits per heavy atom. The van der Waals surface area contributed by atoms with Crippen molar-refractivity contribution in [1.29, 1.82) is 0 Å². The summed E-state index contributed by atoms with van der Waals surface area (Å²) in [6, 6.07) is 6.40. The summed E-state index contributed by atoms with van der Waals surface area (Å²) < 4.78 is 33.1. The Labute approximate surface area is 111 Å². The van der Waals surface area contributed by atoms with Gasteiger partial charge in [0.1, 0.15) is 0 Å². The first-order valence-corrected chi connectivity index (χ1v) is 8.63. The van der Waals surface area contributed by atoms with E-state index in [1.54, 1.807) is 24.3 Å². The molecule has 7 nitrogen and oxygen atoms in total. The molecule has 1 aromatic rings. The van der Waals surface area contributed by atoms with Crippen molar-refractivity contribution >= 4 is 20.9 Å². The predicted molar refractivity (Wildman–Crippen MR) is 72.0 cm³/mol. The molecule has 0 bridgehead atoms. The third kappa shape index (κ3) is 4.14. The van der Waals surface area contributed by atoms with Crippen LogP contribution in [0.5, 0.6) is 0 Å². The number of nitrogen functional groups attached to an aromatic ring is 1. The number of hydrogen-bond acceptors (Lipinski definition) is 5. The molecule has 0 heterocycles. The minimum absolute atomic E-state index is 0.135. The van der Waals surface area contributed by atoms with Gasteiger partial charge in [0, 0.05) is 19.9 Å². The summed E-state index contributed by atoms with van der Waals surface area (Å²) in [6.45, 7) is 0. The van der Waals surface area contributed by atoms with Crippen molar-refractivity contribution in [2.75, 3.05) is 20.0 Å². The van der Waals surface area contributed by atoms with Crippen molar-refractivity contribution in [3.63, 3.8) is 0 Å². The number of benzene rings is 1. The van der Waals surface area contributed by atoms with Crippen LogP contribution in [-0.4, -0.2) is 29.4 Å². The zero-order chi connectivity index (χ0) is 14.7. The molecule has 1 atom stereocenters. The summed E-state index contributed by atoms with van der Waals surface area (Å²) in [5.41, 5.74) is 6.63. The zero-order valence-corrected chi connectivity index (χ0v) is 12.4. The highest BCUT2D eigenvalue weighted by molar-refractivity contribution is 7.71. The van der Waals surface area contributed by atoms with Crippen LogP contribution in [0.2, 0.25) is 0 Å². The molecule has 0 spiro atoms. The second kappa shape index (κ2) is 6.18. The van der Waals surface area contributed by atoms with E-state index < -0.39 is 20.6 Å². The van der Waals surface area contributed by atoms with Gasteiger partial charge in [-0.25, -0.2) is 0 Å². The molecule has 0 fully saturated rings. The number of rotatable bonds is 6. The normalized spacial score (nSPS) is 14.3. The smallest absolute Gasteiger partial charge is 0.345 e. The van der Waals surface area contributed by atoms with Crippen molar-refractivity contribution in [3.8, 4) is 0 Å². The van der Waals surface area contributed by atoms with Gasteiger partial charge in [-0.1, -0.05) is 12.1 Å². The molecule has 0 amide bonds. The lowest BCUT2D eigenvalue weighted by Crippen LogP contribution is -2.15. The number of nitrogens with two attached hydrogens (primary N) is 1. The van der Waals surface area contributed by atoms with E-state index in [1.807, 2.05) is 0 Å². The molecule has 19 heavy (non-hydrogen) atoms. The minimum atomic E-state index is -4.65. The van der Waals surface area contributed by atoms with Crippen LogP contribution >= 0.6 is 15.2 Å². The van der Waals surface area contributed by atoms with Gasteiger partial charge in [-0.15, -0.1) is 0 Å². The third-order valence-corrected chi connectivity index (χ3v) is 7.30. The van der Waals surface area contributed by atoms with Crippen LogP contribution in [0.1, 0.15) is 5.56 Å². The van der Waals surface area contributed by atoms with Crippen LogP contribution in [0.4, 0.5) is 5.69 Å². The van der Waals surface area contributed by atoms with Gasteiger partial charge in [-0.05, 0) is 24.1 Å². The summed E-state index contributed by atoms with van der Waals surface area (Å²) in [4.78, 5) is 18.7. The van der Waals surface area contributed by atoms with Gasteiger partial charge in [0.2, 0.25) is 0 Å². The highest BCUT2D eigenvalue weighted by Gasteiger charge is 2.46. The Hall–Kier alpha value is -0.680. The van der Waals surface area contributed by atoms with Gasteiger partial charge in [0.25, 0.3) is 0 Å². The quantitative estimate of drug-likeness (QED) is 0.541. The molecule has 0 radical (unpaired) electrons. The van der Waals surface area contributed by atoms with E-state index in [-0.39, 0.29) is 6.42 Å². The standard InChI is InChI=1S/C10H17NO6P2/c1-16-19(15,17-2)10(18(12,13)14)7-8-3-5-9(11)6-4-8/h3-6,10H,7,11H2,1-2H3,(H2,12,13,14). The average Bonchev–Trinajstić information content (AvgIpc) is 2.36. The molecule has 108 valence electrons. The van der Waals surface area contributed by atoms with Crippen molar-refractivity contribution in [1.82, 2.24) is 0 Å². The molecule has 0 aromatic heterocycles. The molecule has 0 aliphatic rings. The van der Waals surface area contributed by atoms with E-state index in [0.717, 1.165) is 14.2 Å². The first-order chi connectivity index (χ1) is 8.73. The van der Waals surface area contributed by atoms with E-state index >= 15 is 0 Å². The fourth-order valence-electron chi connectivity index (χ4n) is 1.60. The SMILES string of the molecule is COP(=O)(OC)C(Cc1ccc(N)cc1)P(=O)(O)O. The van der Waals surface area contributed by atoms with E-state index in [4.69, 9.17) is 5.73 Å². The van der Waals surface area contributed by atoms with Crippen molar-refractivity contribution < 1.29 is 28.0 Å². The monoisotopic (exact) mass is 309 g/mol. The second-order valence-corrected chi connectivity index (χ2v) is 8.56. The molecule has 1 aromatic carbocycles. The number of hydrogen-bond donors (Lipinski definition) is 3. The maximum absolute atomic E-state index is 12.2. The van der Waals surface area contributed by atoms with Gasteiger partial charge in [-0.2, -0.15) is 0 Å². The maximum Gasteiger partial charge on any atom is 0.345 e. The molecular formula is C10H17NO6P2. The van der Waals surface area contributed by atoms with Gasteiger partial charge in [0.05, 0.1) is 0 Å². The Bertz CT molecular complexity index is 503. The van der Waals surface area contributed by atoms with E-state index in [9.17, 15) is 18.9 Å². The van der Waals surface area contributed by atoms with Gasteiger partial charge in [0.15, 0.2) is 5.40 Å². The molecule has 0 saturated carbocycles. The van der Waals surface area contributed by atoms with Gasteiger partial charge >= 0.3 is 15.2 Å². The summed E-state index contributed by atoms with van der Waals surface area (Å²) in [6.07, 6.45) is -0.135. The molecule has 0 saturated heterocycles. The van der Waals surface area contributed by atoms with Crippen LogP contribution in [-0.2, 0) is 24.6 Å². The molecular weight excluding hydrogens is 292 g/mol. The Morgan fingerprint density at radius 3 is 2.00 bits per heavy atom. The average molecular weight is 309 g/mol. The van der Waals surface area contributed by atoms with E-state index in [2.05, 4.69) is 9.05 Å². The first-order valence-electron chi connectivity index (χ1n) is 5.34. The minimum Gasteiger partial charge on any atom is -0.399 e. The Morgan fingerprint density at radius 2 is 1.63 bits per heavy atom. The Kier molecular flexibility index (Phi) is 5.33. The summed E-state index contributed by atoms with van der Waals surface area (Å²) >= 11 is 0. The Balaban J connectivity index is 3.10. The fourth-order valence-corrected chi connectivity index (χ4v) is 5.16. The van der Waals surface area contributed by atoms with Crippen LogP contribution in [0.15, 0.2) is 24.3 Å². The van der Waals surface area contributed by atoms with Crippen LogP contribution in [0, 0.1) is 0 Å². The third-order valence-electron chi connectivity index (χ3n) is 2.66. The summed E-state index contributed by atoms with van der Waals surface area (Å²) in [5, 5.41) is -1.54. The molecule has 4 N–H and O–H groups in total. The zero-order valence-electron chi connectivity index (χ0n) is 10.6. The molecule has 9 heteroatoms. The van der Waals surface area contributed by atoms with Gasteiger partial charge < -0.3 is 24.6 Å².